The van der Waals surface area contributed by atoms with Crippen molar-refractivity contribution in [2.45, 2.75) is 56.5 Å². The van der Waals surface area contributed by atoms with E-state index in [0.29, 0.717) is 5.56 Å². The monoisotopic (exact) mass is 511 g/mol. The Bertz CT molecular complexity index is 982. The number of hydrogen-bond acceptors (Lipinski definition) is 9. The molecule has 0 saturated heterocycles. The molecule has 0 bridgehead atoms. The quantitative estimate of drug-likeness (QED) is 0.118. The number of carboxylic acid groups (broad SMARTS) is 2. The fourth-order valence-electron chi connectivity index (χ4n) is 2.96. The molecule has 198 valence electrons. The van der Waals surface area contributed by atoms with Crippen molar-refractivity contribution in [1.29, 1.82) is 0 Å². The highest BCUT2D eigenvalue weighted by molar-refractivity contribution is 5.95. The molecule has 15 heteroatoms. The standard InChI is InChI=1S/C21H29N5O10/c1-9(27)17(20(34)25-14(21(35)36)8-15(23)29)26-19(33)13(6-10-2-4-11(28)5-3-10)24-18(32)12(22)7-16(30)31/h2-5,9,12-14,17,27-28H,6-8,22H2,1H3,(H2,23,29)(H,24,32)(H,25,34)(H,26,33)(H,30,31)(H,35,36). The van der Waals surface area contributed by atoms with Gasteiger partial charge in [-0.2, -0.15) is 0 Å². The van der Waals surface area contributed by atoms with Crippen molar-refractivity contribution in [3.8, 4) is 5.75 Å². The predicted octanol–water partition coefficient (Wildman–Crippen LogP) is -3.47. The molecule has 11 N–H and O–H groups in total. The summed E-state index contributed by atoms with van der Waals surface area (Å²) in [7, 11) is 0. The number of carbonyl (C=O) groups excluding carboxylic acids is 4. The van der Waals surface area contributed by atoms with Crippen LogP contribution < -0.4 is 27.4 Å². The third-order valence-electron chi connectivity index (χ3n) is 4.82. The highest BCUT2D eigenvalue weighted by Crippen LogP contribution is 2.12. The van der Waals surface area contributed by atoms with Crippen LogP contribution in [0.4, 0.5) is 0 Å². The van der Waals surface area contributed by atoms with E-state index >= 15 is 0 Å². The molecule has 36 heavy (non-hydrogen) atoms. The highest BCUT2D eigenvalue weighted by atomic mass is 16.4. The van der Waals surface area contributed by atoms with Gasteiger partial charge in [0, 0.05) is 6.42 Å². The average Bonchev–Trinajstić information content (AvgIpc) is 2.76. The van der Waals surface area contributed by atoms with Crippen LogP contribution in [0, 0.1) is 0 Å². The summed E-state index contributed by atoms with van der Waals surface area (Å²) < 4.78 is 0. The minimum Gasteiger partial charge on any atom is -0.508 e. The number of nitrogens with one attached hydrogen (secondary N) is 3. The summed E-state index contributed by atoms with van der Waals surface area (Å²) in [6.45, 7) is 1.13. The molecule has 5 unspecified atom stereocenters. The Morgan fingerprint density at radius 3 is 1.89 bits per heavy atom. The number of aliphatic hydroxyl groups excluding tert-OH is 1. The summed E-state index contributed by atoms with van der Waals surface area (Å²) >= 11 is 0. The van der Waals surface area contributed by atoms with Gasteiger partial charge in [0.2, 0.25) is 23.6 Å². The molecule has 1 rings (SSSR count). The third-order valence-corrected chi connectivity index (χ3v) is 4.82. The van der Waals surface area contributed by atoms with Crippen LogP contribution in [-0.2, 0) is 35.2 Å². The second kappa shape index (κ2) is 13.6. The number of hydrogen-bond donors (Lipinski definition) is 9. The second-order valence-corrected chi connectivity index (χ2v) is 7.93. The summed E-state index contributed by atoms with van der Waals surface area (Å²) in [5.41, 5.74) is 11.0. The smallest absolute Gasteiger partial charge is 0.326 e. The topological polar surface area (TPSA) is 271 Å². The molecular weight excluding hydrogens is 482 g/mol. The van der Waals surface area contributed by atoms with Gasteiger partial charge in [-0.25, -0.2) is 4.79 Å². The van der Waals surface area contributed by atoms with Crippen LogP contribution in [-0.4, -0.2) is 86.3 Å². The maximum atomic E-state index is 13.0. The van der Waals surface area contributed by atoms with E-state index in [2.05, 4.69) is 10.6 Å². The Morgan fingerprint density at radius 2 is 1.42 bits per heavy atom. The molecule has 0 fully saturated rings. The van der Waals surface area contributed by atoms with Gasteiger partial charge in [0.25, 0.3) is 0 Å². The number of amides is 4. The first-order chi connectivity index (χ1) is 16.7. The van der Waals surface area contributed by atoms with Gasteiger partial charge in [-0.05, 0) is 24.6 Å². The fourth-order valence-corrected chi connectivity index (χ4v) is 2.96. The van der Waals surface area contributed by atoms with Crippen LogP contribution in [0.15, 0.2) is 24.3 Å². The lowest BCUT2D eigenvalue weighted by molar-refractivity contribution is -0.144. The van der Waals surface area contributed by atoms with Crippen molar-refractivity contribution in [3.63, 3.8) is 0 Å². The van der Waals surface area contributed by atoms with E-state index in [0.717, 1.165) is 6.92 Å². The first kappa shape index (κ1) is 29.8. The van der Waals surface area contributed by atoms with Crippen LogP contribution in [0.3, 0.4) is 0 Å². The fraction of sp³-hybridized carbons (Fsp3) is 0.429. The van der Waals surface area contributed by atoms with Crippen molar-refractivity contribution >= 4 is 35.6 Å². The molecule has 1 aromatic rings. The molecule has 0 spiro atoms. The lowest BCUT2D eigenvalue weighted by Gasteiger charge is -2.26. The van der Waals surface area contributed by atoms with Gasteiger partial charge in [0.15, 0.2) is 0 Å². The van der Waals surface area contributed by atoms with Crippen molar-refractivity contribution in [1.82, 2.24) is 16.0 Å². The third kappa shape index (κ3) is 9.94. The van der Waals surface area contributed by atoms with Gasteiger partial charge in [-0.1, -0.05) is 12.1 Å². The summed E-state index contributed by atoms with van der Waals surface area (Å²) in [4.78, 5) is 71.2. The maximum Gasteiger partial charge on any atom is 0.326 e. The number of phenolic OH excluding ortho intramolecular Hbond substituents is 1. The number of phenols is 1. The maximum absolute atomic E-state index is 13.0. The first-order valence-electron chi connectivity index (χ1n) is 10.6. The number of aliphatic hydroxyl groups is 1. The summed E-state index contributed by atoms with van der Waals surface area (Å²) in [5.74, 6) is -7.15. The molecule has 0 aromatic heterocycles. The number of benzene rings is 1. The molecule has 0 aliphatic carbocycles. The zero-order chi connectivity index (χ0) is 27.6. The Morgan fingerprint density at radius 1 is 0.861 bits per heavy atom. The van der Waals surface area contributed by atoms with E-state index in [4.69, 9.17) is 21.7 Å². The number of aromatic hydroxyl groups is 1. The average molecular weight is 511 g/mol. The van der Waals surface area contributed by atoms with Gasteiger partial charge in [-0.3, -0.25) is 24.0 Å². The largest absolute Gasteiger partial charge is 0.508 e. The van der Waals surface area contributed by atoms with Gasteiger partial charge in [-0.15, -0.1) is 0 Å². The Balaban J connectivity index is 3.12. The lowest BCUT2D eigenvalue weighted by atomic mass is 10.0. The Labute approximate surface area is 204 Å². The number of nitrogens with two attached hydrogens (primary N) is 2. The molecule has 1 aromatic carbocycles. The van der Waals surface area contributed by atoms with E-state index in [9.17, 15) is 39.0 Å². The number of rotatable bonds is 14. The predicted molar refractivity (Wildman–Crippen MR) is 121 cm³/mol. The van der Waals surface area contributed by atoms with Crippen molar-refractivity contribution in [2.75, 3.05) is 0 Å². The van der Waals surface area contributed by atoms with Crippen LogP contribution in [0.25, 0.3) is 0 Å². The van der Waals surface area contributed by atoms with E-state index < -0.39 is 78.7 Å². The van der Waals surface area contributed by atoms with Crippen molar-refractivity contribution < 1.29 is 49.2 Å². The SMILES string of the molecule is CC(O)C(NC(=O)C(Cc1ccc(O)cc1)NC(=O)C(N)CC(=O)O)C(=O)NC(CC(N)=O)C(=O)O. The van der Waals surface area contributed by atoms with Crippen molar-refractivity contribution in [3.05, 3.63) is 29.8 Å². The van der Waals surface area contributed by atoms with Gasteiger partial charge >= 0.3 is 11.9 Å². The van der Waals surface area contributed by atoms with Crippen LogP contribution in [0.1, 0.15) is 25.3 Å². The minimum atomic E-state index is -1.73. The van der Waals surface area contributed by atoms with Crippen LogP contribution >= 0.6 is 0 Å². The number of primary amides is 1. The van der Waals surface area contributed by atoms with Gasteiger partial charge in [0.05, 0.1) is 25.0 Å². The summed E-state index contributed by atoms with van der Waals surface area (Å²) in [6.07, 6.45) is -3.21. The van der Waals surface area contributed by atoms with E-state index in [1.165, 1.54) is 24.3 Å². The molecule has 5 atom stereocenters. The molecule has 0 heterocycles. The number of aliphatic carboxylic acids is 2. The lowest BCUT2D eigenvalue weighted by Crippen LogP contribution is -2.60. The number of carboxylic acids is 2. The van der Waals surface area contributed by atoms with Crippen LogP contribution in [0.2, 0.25) is 0 Å². The summed E-state index contributed by atoms with van der Waals surface area (Å²) in [6, 6.07) is -0.833. The van der Waals surface area contributed by atoms with E-state index in [-0.39, 0.29) is 12.2 Å². The normalized spacial score (nSPS) is 14.9. The number of carbonyl (C=O) groups is 6. The molecular formula is C21H29N5O10. The van der Waals surface area contributed by atoms with E-state index in [1.54, 1.807) is 0 Å². The minimum absolute atomic E-state index is 0.0675. The molecule has 4 amide bonds. The van der Waals surface area contributed by atoms with Crippen LogP contribution in [0.5, 0.6) is 5.75 Å². The first-order valence-corrected chi connectivity index (χ1v) is 10.6. The van der Waals surface area contributed by atoms with Crippen molar-refractivity contribution in [2.24, 2.45) is 11.5 Å². The zero-order valence-electron chi connectivity index (χ0n) is 19.2. The molecule has 0 radical (unpaired) electrons. The van der Waals surface area contributed by atoms with E-state index in [1.807, 2.05) is 5.32 Å². The molecule has 15 nitrogen and oxygen atoms in total. The zero-order valence-corrected chi connectivity index (χ0v) is 19.2. The second-order valence-electron chi connectivity index (χ2n) is 7.93. The Kier molecular flexibility index (Phi) is 11.3. The summed E-state index contributed by atoms with van der Waals surface area (Å²) in [5, 5.41) is 43.9. The highest BCUT2D eigenvalue weighted by Gasteiger charge is 2.33. The molecule has 0 aliphatic rings. The van der Waals surface area contributed by atoms with Gasteiger partial charge in [0.1, 0.15) is 23.9 Å². The van der Waals surface area contributed by atoms with Gasteiger partial charge < -0.3 is 47.8 Å². The molecule has 0 saturated carbocycles. The Hall–Kier alpha value is -4.24. The molecule has 0 aliphatic heterocycles.